The Hall–Kier alpha value is 0.230. The normalized spacial score (nSPS) is 15.5. The fraction of sp³-hybridized carbons (Fsp3) is 0.944. The minimum absolute atomic E-state index is 0. The molecule has 158 valence electrons. The van der Waals surface area contributed by atoms with Crippen LogP contribution in [0.5, 0.6) is 0 Å². The van der Waals surface area contributed by atoms with Crippen LogP contribution in [-0.2, 0) is 9.68 Å². The van der Waals surface area contributed by atoms with Gasteiger partial charge in [0, 0.05) is 6.61 Å². The van der Waals surface area contributed by atoms with E-state index >= 15 is 0 Å². The fourth-order valence-corrected chi connectivity index (χ4v) is 2.83. The van der Waals surface area contributed by atoms with Crippen molar-refractivity contribution in [1.29, 1.82) is 0 Å². The van der Waals surface area contributed by atoms with Gasteiger partial charge >= 0.3 is 35.5 Å². The molecule has 4 atom stereocenters. The van der Waals surface area contributed by atoms with Gasteiger partial charge in [0.25, 0.3) is 0 Å². The summed E-state index contributed by atoms with van der Waals surface area (Å²) >= 11 is 0. The number of aliphatic hydroxyl groups excluding tert-OH is 5. The molecule has 4 unspecified atom stereocenters. The van der Waals surface area contributed by atoms with Gasteiger partial charge < -0.3 is 25.5 Å². The molecule has 0 aliphatic carbocycles. The molecule has 0 aromatic rings. The van der Waals surface area contributed by atoms with Crippen molar-refractivity contribution in [2.24, 2.45) is 0 Å². The summed E-state index contributed by atoms with van der Waals surface area (Å²) < 4.78 is 0. The van der Waals surface area contributed by atoms with Crippen molar-refractivity contribution < 1.29 is 40.5 Å². The third kappa shape index (κ3) is 14.8. The maximum absolute atomic E-state index is 10.9. The molecule has 0 saturated carbocycles. The van der Waals surface area contributed by atoms with Gasteiger partial charge in [-0.05, 0) is 12.8 Å². The number of hydrogen-bond donors (Lipinski definition) is 6. The Morgan fingerprint density at radius 3 is 1.52 bits per heavy atom. The van der Waals surface area contributed by atoms with Crippen LogP contribution in [0, 0.1) is 0 Å². The molecule has 0 aliphatic rings. The van der Waals surface area contributed by atoms with Crippen LogP contribution in [0.15, 0.2) is 0 Å². The third-order valence-corrected chi connectivity index (χ3v) is 4.56. The van der Waals surface area contributed by atoms with Crippen molar-refractivity contribution in [2.45, 2.75) is 101 Å². The van der Waals surface area contributed by atoms with Crippen molar-refractivity contribution in [1.82, 2.24) is 0 Å². The van der Waals surface area contributed by atoms with E-state index < -0.39 is 30.4 Å². The molecule has 0 heterocycles. The second-order valence-corrected chi connectivity index (χ2v) is 6.81. The van der Waals surface area contributed by atoms with Crippen molar-refractivity contribution in [3.8, 4) is 0 Å². The van der Waals surface area contributed by atoms with Crippen LogP contribution in [0.2, 0.25) is 0 Å². The minimum atomic E-state index is -2.12. The number of unbranched alkanes of at least 4 members (excludes halogenated alkanes) is 10. The Bertz CT molecular complexity index is 345. The second kappa shape index (κ2) is 19.5. The molecule has 0 rings (SSSR count). The molecular weight excluding hydrogens is 367 g/mol. The molecule has 0 saturated heterocycles. The number of carbonyl (C=O) groups excluding carboxylic acids is 1. The Kier molecular flexibility index (Phi) is 21.3. The van der Waals surface area contributed by atoms with Crippen molar-refractivity contribution in [2.75, 3.05) is 6.61 Å². The van der Waals surface area contributed by atoms with Crippen LogP contribution in [0.3, 0.4) is 0 Å². The van der Waals surface area contributed by atoms with Gasteiger partial charge in [-0.25, -0.2) is 4.79 Å². The summed E-state index contributed by atoms with van der Waals surface area (Å²) in [6.07, 6.45) is 4.86. The van der Waals surface area contributed by atoms with Crippen molar-refractivity contribution in [3.05, 3.63) is 0 Å². The third-order valence-electron chi connectivity index (χ3n) is 4.56. The zero-order valence-electron chi connectivity index (χ0n) is 15.5. The molecule has 6 N–H and O–H groups in total. The van der Waals surface area contributed by atoms with Gasteiger partial charge in [-0.1, -0.05) is 64.2 Å². The fourth-order valence-electron chi connectivity index (χ4n) is 2.83. The summed E-state index contributed by atoms with van der Waals surface area (Å²) in [5, 5.41) is 55.2. The number of rotatable bonds is 17. The first kappa shape index (κ1) is 29.4. The summed E-state index contributed by atoms with van der Waals surface area (Å²) in [5.74, 6) is -1.49. The van der Waals surface area contributed by atoms with Crippen molar-refractivity contribution in [3.63, 3.8) is 0 Å². The van der Waals surface area contributed by atoms with Crippen LogP contribution in [0.25, 0.3) is 0 Å². The summed E-state index contributed by atoms with van der Waals surface area (Å²) in [7, 11) is 0. The predicted molar refractivity (Wildman–Crippen MR) is 102 cm³/mol. The Labute approximate surface area is 183 Å². The predicted octanol–water partition coefficient (Wildman–Crippen LogP) is 0.471. The molecular formula is C18H37NaO8. The van der Waals surface area contributed by atoms with Crippen molar-refractivity contribution >= 4 is 35.5 Å². The van der Waals surface area contributed by atoms with E-state index in [0.29, 0.717) is 6.42 Å². The van der Waals surface area contributed by atoms with E-state index in [1.165, 1.54) is 32.1 Å². The molecule has 9 heteroatoms. The average Bonchev–Trinajstić information content (AvgIpc) is 2.66. The van der Waals surface area contributed by atoms with E-state index in [1.54, 1.807) is 0 Å². The first-order valence-electron chi connectivity index (χ1n) is 9.64. The number of hydrogen-bond acceptors (Lipinski definition) is 8. The molecule has 0 spiro atoms. The monoisotopic (exact) mass is 404 g/mol. The molecule has 0 fully saturated rings. The van der Waals surface area contributed by atoms with Gasteiger partial charge in [0.15, 0.2) is 6.10 Å². The standard InChI is InChI=1S/C18H36O8.Na.H/c19-13-11-9-7-5-3-1-2-4-6-8-10-12-14(20)15(21)16(22)17(23)18(24)26-25;;/h14-17,19-23,25H,1-13H2;;. The maximum atomic E-state index is 10.9. The Balaban J connectivity index is 0. The Morgan fingerprint density at radius 2 is 1.11 bits per heavy atom. The van der Waals surface area contributed by atoms with Gasteiger partial charge in [0.2, 0.25) is 0 Å². The molecule has 0 amide bonds. The van der Waals surface area contributed by atoms with Crippen LogP contribution in [-0.4, -0.2) is 97.3 Å². The molecule has 0 bridgehead atoms. The van der Waals surface area contributed by atoms with Crippen LogP contribution in [0.1, 0.15) is 77.0 Å². The molecule has 27 heavy (non-hydrogen) atoms. The van der Waals surface area contributed by atoms with E-state index in [9.17, 15) is 25.2 Å². The quantitative estimate of drug-likeness (QED) is 0.0887. The summed E-state index contributed by atoms with van der Waals surface area (Å²) in [6, 6.07) is 0. The summed E-state index contributed by atoms with van der Waals surface area (Å²) in [4.78, 5) is 14.2. The SMILES string of the molecule is O=C(OO)C(O)C(O)C(O)C(O)CCCCCCCCCCCCCO.[NaH]. The van der Waals surface area contributed by atoms with E-state index in [-0.39, 0.29) is 42.6 Å². The first-order valence-corrected chi connectivity index (χ1v) is 9.64. The van der Waals surface area contributed by atoms with Crippen LogP contribution in [0.4, 0.5) is 0 Å². The number of carbonyl (C=O) groups is 1. The molecule has 0 aromatic heterocycles. The first-order chi connectivity index (χ1) is 12.5. The molecule has 0 aromatic carbocycles. The van der Waals surface area contributed by atoms with Crippen LogP contribution >= 0.6 is 0 Å². The average molecular weight is 404 g/mol. The number of aliphatic hydroxyl groups is 5. The zero-order valence-corrected chi connectivity index (χ0v) is 15.5. The van der Waals surface area contributed by atoms with E-state index in [1.807, 2.05) is 0 Å². The van der Waals surface area contributed by atoms with E-state index in [4.69, 9.17) is 10.4 Å². The zero-order chi connectivity index (χ0) is 19.8. The molecule has 0 aliphatic heterocycles. The van der Waals surface area contributed by atoms with Crippen LogP contribution < -0.4 is 0 Å². The summed E-state index contributed by atoms with van der Waals surface area (Å²) in [6.45, 7) is 0.278. The second-order valence-electron chi connectivity index (χ2n) is 6.81. The van der Waals surface area contributed by atoms with Gasteiger partial charge in [-0.3, -0.25) is 4.89 Å². The van der Waals surface area contributed by atoms with E-state index in [2.05, 4.69) is 4.89 Å². The van der Waals surface area contributed by atoms with E-state index in [0.717, 1.165) is 32.1 Å². The Morgan fingerprint density at radius 1 is 0.704 bits per heavy atom. The summed E-state index contributed by atoms with van der Waals surface area (Å²) in [5.41, 5.74) is 0. The van der Waals surface area contributed by atoms with Gasteiger partial charge in [0.1, 0.15) is 12.2 Å². The van der Waals surface area contributed by atoms with Gasteiger partial charge in [-0.15, -0.1) is 0 Å². The van der Waals surface area contributed by atoms with Gasteiger partial charge in [-0.2, -0.15) is 5.26 Å². The topological polar surface area (TPSA) is 148 Å². The molecule has 8 nitrogen and oxygen atoms in total. The van der Waals surface area contributed by atoms with Gasteiger partial charge in [0.05, 0.1) is 6.10 Å². The molecule has 0 radical (unpaired) electrons.